The van der Waals surface area contributed by atoms with Crippen LogP contribution >= 0.6 is 0 Å². The number of carbonyl (C=O) groups is 2. The summed E-state index contributed by atoms with van der Waals surface area (Å²) in [5, 5.41) is 13.3. The average molecular weight is 510 g/mol. The quantitative estimate of drug-likeness (QED) is 0.148. The van der Waals surface area contributed by atoms with Crippen LogP contribution < -0.4 is 10.6 Å². The van der Waals surface area contributed by atoms with Gasteiger partial charge in [0.2, 0.25) is 0 Å². The SMILES string of the molecule is CC(C)n1c([C@H](CCCNC(=N)CF)NC(=O)c2ccccc2C(=O)OC(C)(C)C)nc2ccccc21. The lowest BCUT2D eigenvalue weighted by Gasteiger charge is -2.23. The van der Waals surface area contributed by atoms with Crippen molar-refractivity contribution in [3.8, 4) is 0 Å². The smallest absolute Gasteiger partial charge is 0.339 e. The second-order valence-corrected chi connectivity index (χ2v) is 10.2. The Morgan fingerprint density at radius 1 is 1.08 bits per heavy atom. The number of para-hydroxylation sites is 2. The van der Waals surface area contributed by atoms with E-state index in [0.29, 0.717) is 25.2 Å². The molecule has 3 aromatic rings. The zero-order chi connectivity index (χ0) is 27.2. The van der Waals surface area contributed by atoms with Gasteiger partial charge in [-0.05, 0) is 71.7 Å². The monoisotopic (exact) mass is 509 g/mol. The maximum Gasteiger partial charge on any atom is 0.339 e. The van der Waals surface area contributed by atoms with Crippen LogP contribution in [0.25, 0.3) is 11.0 Å². The number of esters is 1. The number of carbonyl (C=O) groups excluding carboxylic acids is 2. The van der Waals surface area contributed by atoms with Crippen molar-refractivity contribution in [2.24, 2.45) is 0 Å². The molecule has 1 amide bonds. The number of benzene rings is 2. The van der Waals surface area contributed by atoms with Gasteiger partial charge in [0, 0.05) is 12.6 Å². The molecule has 0 unspecified atom stereocenters. The van der Waals surface area contributed by atoms with Crippen molar-refractivity contribution < 1.29 is 18.7 Å². The van der Waals surface area contributed by atoms with Gasteiger partial charge in [0.25, 0.3) is 5.91 Å². The van der Waals surface area contributed by atoms with Gasteiger partial charge in [-0.1, -0.05) is 24.3 Å². The fourth-order valence-electron chi connectivity index (χ4n) is 4.14. The normalized spacial score (nSPS) is 12.4. The molecule has 0 radical (unpaired) electrons. The Bertz CT molecular complexity index is 1260. The molecule has 0 fully saturated rings. The standard InChI is InChI=1S/C28H36FN5O3/c1-18(2)34-23-15-9-8-13-21(23)32-25(34)22(14-10-16-31-24(30)17-29)33-26(35)19-11-6-7-12-20(19)27(36)37-28(3,4)5/h6-9,11-13,15,18,22H,10,14,16-17H2,1-5H3,(H2,30,31)(H,33,35)/t22-/m0/s1. The minimum atomic E-state index is -0.856. The summed E-state index contributed by atoms with van der Waals surface area (Å²) in [5.41, 5.74) is 1.47. The van der Waals surface area contributed by atoms with Gasteiger partial charge in [-0.25, -0.2) is 14.2 Å². The number of hydrogen-bond donors (Lipinski definition) is 3. The van der Waals surface area contributed by atoms with Gasteiger partial charge in [-0.15, -0.1) is 0 Å². The number of hydrogen-bond acceptors (Lipinski definition) is 5. The lowest BCUT2D eigenvalue weighted by atomic mass is 10.0. The Morgan fingerprint density at radius 3 is 2.38 bits per heavy atom. The number of aromatic nitrogens is 2. The molecule has 1 atom stereocenters. The molecule has 37 heavy (non-hydrogen) atoms. The minimum absolute atomic E-state index is 0.0775. The van der Waals surface area contributed by atoms with Crippen molar-refractivity contribution in [1.82, 2.24) is 20.2 Å². The Hall–Kier alpha value is -3.75. The topological polar surface area (TPSA) is 109 Å². The van der Waals surface area contributed by atoms with E-state index in [4.69, 9.17) is 15.1 Å². The van der Waals surface area contributed by atoms with Crippen LogP contribution in [0.3, 0.4) is 0 Å². The summed E-state index contributed by atoms with van der Waals surface area (Å²) in [4.78, 5) is 31.2. The van der Waals surface area contributed by atoms with Crippen molar-refractivity contribution in [3.63, 3.8) is 0 Å². The van der Waals surface area contributed by atoms with Crippen molar-refractivity contribution in [2.75, 3.05) is 13.2 Å². The van der Waals surface area contributed by atoms with E-state index in [9.17, 15) is 14.0 Å². The van der Waals surface area contributed by atoms with Crippen molar-refractivity contribution in [2.45, 2.75) is 65.1 Å². The first kappa shape index (κ1) is 27.8. The summed E-state index contributed by atoms with van der Waals surface area (Å²) in [5.74, 6) is -0.474. The highest BCUT2D eigenvalue weighted by molar-refractivity contribution is 6.05. The van der Waals surface area contributed by atoms with Crippen LogP contribution in [0, 0.1) is 5.41 Å². The second kappa shape index (κ2) is 12.0. The first-order valence-electron chi connectivity index (χ1n) is 12.5. The van der Waals surface area contributed by atoms with Gasteiger partial charge >= 0.3 is 5.97 Å². The molecular formula is C28H36FN5O3. The number of ether oxygens (including phenoxy) is 1. The maximum absolute atomic E-state index is 13.5. The summed E-state index contributed by atoms with van der Waals surface area (Å²) in [7, 11) is 0. The fourth-order valence-corrected chi connectivity index (χ4v) is 4.14. The molecule has 0 saturated carbocycles. The van der Waals surface area contributed by atoms with Crippen LogP contribution in [0.4, 0.5) is 4.39 Å². The van der Waals surface area contributed by atoms with E-state index in [1.165, 1.54) is 0 Å². The molecule has 198 valence electrons. The summed E-state index contributed by atoms with van der Waals surface area (Å²) >= 11 is 0. The van der Waals surface area contributed by atoms with Gasteiger partial charge < -0.3 is 19.9 Å². The lowest BCUT2D eigenvalue weighted by molar-refractivity contribution is 0.00674. The zero-order valence-corrected chi connectivity index (χ0v) is 22.1. The number of alkyl halides is 1. The molecule has 1 heterocycles. The molecule has 0 bridgehead atoms. The van der Waals surface area contributed by atoms with E-state index in [0.717, 1.165) is 11.0 Å². The number of nitrogens with one attached hydrogen (secondary N) is 3. The number of amidine groups is 1. The largest absolute Gasteiger partial charge is 0.456 e. The Balaban J connectivity index is 1.95. The van der Waals surface area contributed by atoms with Crippen molar-refractivity contribution in [1.29, 1.82) is 5.41 Å². The van der Waals surface area contributed by atoms with Gasteiger partial charge in [-0.2, -0.15) is 0 Å². The highest BCUT2D eigenvalue weighted by Gasteiger charge is 2.27. The predicted octanol–water partition coefficient (Wildman–Crippen LogP) is 5.36. The molecule has 8 nitrogen and oxygen atoms in total. The third kappa shape index (κ3) is 7.15. The first-order valence-corrected chi connectivity index (χ1v) is 12.5. The average Bonchev–Trinajstić information content (AvgIpc) is 3.24. The van der Waals surface area contributed by atoms with Crippen LogP contribution in [-0.2, 0) is 4.74 Å². The van der Waals surface area contributed by atoms with E-state index in [1.807, 2.05) is 24.3 Å². The molecule has 0 aliphatic heterocycles. The number of amides is 1. The molecule has 9 heteroatoms. The molecule has 3 N–H and O–H groups in total. The van der Waals surface area contributed by atoms with E-state index < -0.39 is 30.2 Å². The fraction of sp³-hybridized carbons (Fsp3) is 0.429. The van der Waals surface area contributed by atoms with Crippen LogP contribution in [0.1, 0.15) is 86.1 Å². The lowest BCUT2D eigenvalue weighted by Crippen LogP contribution is -2.33. The van der Waals surface area contributed by atoms with Crippen LogP contribution in [0.15, 0.2) is 48.5 Å². The van der Waals surface area contributed by atoms with E-state index >= 15 is 0 Å². The number of imidazole rings is 1. The number of nitrogens with zero attached hydrogens (tertiary/aromatic N) is 2. The Labute approximate surface area is 217 Å². The Kier molecular flexibility index (Phi) is 9.02. The van der Waals surface area contributed by atoms with Crippen LogP contribution in [0.2, 0.25) is 0 Å². The molecule has 0 spiro atoms. The second-order valence-electron chi connectivity index (χ2n) is 10.2. The third-order valence-corrected chi connectivity index (χ3v) is 5.69. The van der Waals surface area contributed by atoms with E-state index in [2.05, 4.69) is 29.0 Å². The van der Waals surface area contributed by atoms with Gasteiger partial charge in [0.15, 0.2) is 0 Å². The van der Waals surface area contributed by atoms with E-state index in [-0.39, 0.29) is 23.0 Å². The molecule has 3 rings (SSSR count). The van der Waals surface area contributed by atoms with Crippen molar-refractivity contribution >= 4 is 28.7 Å². The number of rotatable bonds is 10. The molecule has 0 aliphatic carbocycles. The third-order valence-electron chi connectivity index (χ3n) is 5.69. The highest BCUT2D eigenvalue weighted by atomic mass is 19.1. The first-order chi connectivity index (χ1) is 17.5. The molecule has 1 aromatic heterocycles. The van der Waals surface area contributed by atoms with E-state index in [1.54, 1.807) is 45.0 Å². The predicted molar refractivity (Wildman–Crippen MR) is 143 cm³/mol. The summed E-state index contributed by atoms with van der Waals surface area (Å²) in [6.45, 7) is 8.96. The van der Waals surface area contributed by atoms with Crippen LogP contribution in [-0.4, -0.2) is 46.1 Å². The van der Waals surface area contributed by atoms with Crippen LogP contribution in [0.5, 0.6) is 0 Å². The zero-order valence-electron chi connectivity index (χ0n) is 22.1. The molecular weight excluding hydrogens is 473 g/mol. The highest BCUT2D eigenvalue weighted by Crippen LogP contribution is 2.28. The minimum Gasteiger partial charge on any atom is -0.456 e. The van der Waals surface area contributed by atoms with Crippen molar-refractivity contribution in [3.05, 3.63) is 65.5 Å². The molecule has 0 saturated heterocycles. The summed E-state index contributed by atoms with van der Waals surface area (Å²) in [6, 6.07) is 13.9. The molecule has 2 aromatic carbocycles. The van der Waals surface area contributed by atoms with Gasteiger partial charge in [-0.3, -0.25) is 10.2 Å². The summed E-state index contributed by atoms with van der Waals surface area (Å²) < 4.78 is 20.3. The number of fused-ring (bicyclic) bond motifs is 1. The number of halogens is 1. The maximum atomic E-state index is 13.5. The van der Waals surface area contributed by atoms with Gasteiger partial charge in [0.05, 0.1) is 28.2 Å². The summed E-state index contributed by atoms with van der Waals surface area (Å²) in [6.07, 6.45) is 1.05. The Morgan fingerprint density at radius 2 is 1.73 bits per heavy atom. The van der Waals surface area contributed by atoms with Gasteiger partial charge in [0.1, 0.15) is 23.9 Å². The molecule has 0 aliphatic rings.